The van der Waals surface area contributed by atoms with Gasteiger partial charge in [-0.05, 0) is 70.6 Å². The summed E-state index contributed by atoms with van der Waals surface area (Å²) in [4.78, 5) is 12.2. The maximum Gasteiger partial charge on any atom is 0.304 e. The summed E-state index contributed by atoms with van der Waals surface area (Å²) in [6.07, 6.45) is -0.0326. The maximum absolute atomic E-state index is 14.3. The number of hydrogen-bond donors (Lipinski definition) is 3. The van der Waals surface area contributed by atoms with Crippen LogP contribution in [0.3, 0.4) is 0 Å². The van der Waals surface area contributed by atoms with Crippen LogP contribution in [0.2, 0.25) is 5.02 Å². The first-order chi connectivity index (χ1) is 20.5. The predicted molar refractivity (Wildman–Crippen MR) is 167 cm³/mol. The Kier molecular flexibility index (Phi) is 7.86. The van der Waals surface area contributed by atoms with Gasteiger partial charge in [0.05, 0.1) is 23.5 Å². The molecule has 226 valence electrons. The molecule has 2 aromatic heterocycles. The summed E-state index contributed by atoms with van der Waals surface area (Å²) in [6, 6.07) is 12.1. The van der Waals surface area contributed by atoms with Crippen molar-refractivity contribution in [2.45, 2.75) is 50.2 Å². The third-order valence-electron chi connectivity index (χ3n) is 8.03. The summed E-state index contributed by atoms with van der Waals surface area (Å²) in [5.41, 5.74) is 4.85. The molecule has 0 amide bonds. The number of thiophene rings is 1. The first-order valence-electron chi connectivity index (χ1n) is 13.7. The number of ether oxygens (including phenoxy) is 1. The van der Waals surface area contributed by atoms with E-state index in [1.54, 1.807) is 8.99 Å². The molecular formula is C30H30ClFN4O5S2. The number of benzene rings is 3. The molecule has 0 bridgehead atoms. The molecule has 5 aromatic rings. The Morgan fingerprint density at radius 1 is 1.26 bits per heavy atom. The Bertz CT molecular complexity index is 1880. The van der Waals surface area contributed by atoms with Crippen LogP contribution in [0.5, 0.6) is 5.75 Å². The van der Waals surface area contributed by atoms with Gasteiger partial charge in [0, 0.05) is 30.3 Å². The maximum atomic E-state index is 14.3. The van der Waals surface area contributed by atoms with E-state index in [1.807, 2.05) is 56.6 Å². The van der Waals surface area contributed by atoms with Crippen LogP contribution in [-0.2, 0) is 18.4 Å². The van der Waals surface area contributed by atoms with Crippen LogP contribution in [0, 0.1) is 12.7 Å². The molecule has 3 heterocycles. The number of carbonyl (C=O) groups is 1. The van der Waals surface area contributed by atoms with Gasteiger partial charge in [-0.1, -0.05) is 35.9 Å². The molecular weight excluding hydrogens is 615 g/mol. The zero-order valence-electron chi connectivity index (χ0n) is 23.6. The largest absolute Gasteiger partial charge is 0.487 e. The number of hydrogen-bond acceptors (Lipinski definition) is 8. The number of aliphatic carboxylic acids is 1. The van der Waals surface area contributed by atoms with Crippen LogP contribution in [0.4, 0.5) is 4.39 Å². The van der Waals surface area contributed by atoms with Gasteiger partial charge in [-0.3, -0.25) is 13.9 Å². The molecule has 2 atom stereocenters. The molecule has 0 unspecified atom stereocenters. The summed E-state index contributed by atoms with van der Waals surface area (Å²) in [6.45, 7) is 4.14. The molecule has 0 saturated carbocycles. The van der Waals surface area contributed by atoms with E-state index in [-0.39, 0.29) is 35.2 Å². The van der Waals surface area contributed by atoms with Crippen molar-refractivity contribution in [3.63, 3.8) is 0 Å². The van der Waals surface area contributed by atoms with Gasteiger partial charge in [0.1, 0.15) is 28.1 Å². The average molecular weight is 645 g/mol. The van der Waals surface area contributed by atoms with Gasteiger partial charge in [0.2, 0.25) is 0 Å². The van der Waals surface area contributed by atoms with Crippen molar-refractivity contribution >= 4 is 60.8 Å². The topological polar surface area (TPSA) is 121 Å². The zero-order chi connectivity index (χ0) is 30.6. The first kappa shape index (κ1) is 29.8. The van der Waals surface area contributed by atoms with Gasteiger partial charge in [-0.25, -0.2) is 9.07 Å². The number of aromatic nitrogens is 3. The molecule has 43 heavy (non-hydrogen) atoms. The van der Waals surface area contributed by atoms with Crippen LogP contribution in [-0.4, -0.2) is 52.1 Å². The third-order valence-corrected chi connectivity index (χ3v) is 11.2. The van der Waals surface area contributed by atoms with Crippen molar-refractivity contribution in [2.24, 2.45) is 7.05 Å². The number of carboxylic acid groups (broad SMARTS) is 1. The summed E-state index contributed by atoms with van der Waals surface area (Å²) in [7, 11) is -1.82. The number of rotatable bonds is 7. The van der Waals surface area contributed by atoms with E-state index < -0.39 is 34.6 Å². The van der Waals surface area contributed by atoms with Gasteiger partial charge < -0.3 is 9.84 Å². The monoisotopic (exact) mass is 644 g/mol. The molecule has 1 aliphatic heterocycles. The number of nitrogens with zero attached hydrogens (tertiary/aromatic N) is 4. The van der Waals surface area contributed by atoms with E-state index in [2.05, 4.69) is 10.3 Å². The molecule has 0 saturated heterocycles. The van der Waals surface area contributed by atoms with E-state index >= 15 is 0 Å². The normalized spacial score (nSPS) is 18.3. The van der Waals surface area contributed by atoms with Crippen LogP contribution < -0.4 is 4.74 Å². The summed E-state index contributed by atoms with van der Waals surface area (Å²) in [5.74, 6) is -2.08. The summed E-state index contributed by atoms with van der Waals surface area (Å²) in [5, 5.41) is 21.0. The second-order valence-electron chi connectivity index (χ2n) is 10.7. The Balaban J connectivity index is 1.47. The van der Waals surface area contributed by atoms with E-state index in [0.29, 0.717) is 11.9 Å². The van der Waals surface area contributed by atoms with Gasteiger partial charge in [-0.15, -0.1) is 27.2 Å². The molecule has 0 spiro atoms. The summed E-state index contributed by atoms with van der Waals surface area (Å²) < 4.78 is 47.8. The Hall–Kier alpha value is -3.26. The van der Waals surface area contributed by atoms with Crippen molar-refractivity contribution in [2.75, 3.05) is 6.54 Å². The smallest absolute Gasteiger partial charge is 0.304 e. The third kappa shape index (κ3) is 5.36. The lowest BCUT2D eigenvalue weighted by atomic mass is 9.84. The SMILES string of the molecule is CC[C@@H]1CN(Cc2cc([C@H](CC(=O)O)c3ccc4c(nnn4C)c3C)cc3ccsc23)S(O)(O)c2cc(Cl)c(F)cc2O1. The first-order valence-corrected chi connectivity index (χ1v) is 16.4. The minimum Gasteiger partial charge on any atom is -0.487 e. The van der Waals surface area contributed by atoms with E-state index in [1.165, 1.54) is 17.4 Å². The van der Waals surface area contributed by atoms with Gasteiger partial charge in [0.15, 0.2) is 0 Å². The average Bonchev–Trinajstić information content (AvgIpc) is 3.57. The minimum atomic E-state index is -3.63. The number of halogens is 2. The molecule has 6 rings (SSSR count). The molecule has 13 heteroatoms. The van der Waals surface area contributed by atoms with E-state index in [9.17, 15) is 23.4 Å². The fourth-order valence-electron chi connectivity index (χ4n) is 5.77. The molecule has 9 nitrogen and oxygen atoms in total. The number of fused-ring (bicyclic) bond motifs is 3. The molecule has 0 radical (unpaired) electrons. The standard InChI is InChI=1S/C30H30ClFN4O5S2/c1-4-20-15-36(43(39,40)27-12-23(31)24(32)13-26(27)41-20)14-19-10-18(9-17-7-8-42-30(17)19)22(11-28(37)38)21-5-6-25-29(16(21)2)33-34-35(25)3/h5-10,12-13,20,22,39-40H,4,11,14-15H2,1-3H3,(H,37,38)/t20-,22+/m1/s1. The molecule has 0 fully saturated rings. The van der Waals surface area contributed by atoms with Gasteiger partial charge in [-0.2, -0.15) is 4.31 Å². The van der Waals surface area contributed by atoms with E-state index in [0.717, 1.165) is 43.9 Å². The van der Waals surface area contributed by atoms with Crippen molar-refractivity contribution in [3.05, 3.63) is 80.9 Å². The van der Waals surface area contributed by atoms with Crippen LogP contribution in [0.1, 0.15) is 47.9 Å². The molecule has 1 aliphatic rings. The fraction of sp³-hybridized carbons (Fsp3) is 0.300. The lowest BCUT2D eigenvalue weighted by molar-refractivity contribution is -0.137. The Labute approximate surface area is 257 Å². The zero-order valence-corrected chi connectivity index (χ0v) is 26.0. The minimum absolute atomic E-state index is 0.0325. The van der Waals surface area contributed by atoms with E-state index in [4.69, 9.17) is 16.3 Å². The van der Waals surface area contributed by atoms with Crippen LogP contribution in [0.25, 0.3) is 21.1 Å². The highest BCUT2D eigenvalue weighted by Crippen LogP contribution is 2.58. The molecule has 0 aliphatic carbocycles. The number of aryl methyl sites for hydroxylation is 2. The molecule has 3 N–H and O–H groups in total. The fourth-order valence-corrected chi connectivity index (χ4v) is 8.51. The second-order valence-corrected chi connectivity index (χ2v) is 14.0. The predicted octanol–water partition coefficient (Wildman–Crippen LogP) is 7.59. The van der Waals surface area contributed by atoms with Crippen molar-refractivity contribution in [1.29, 1.82) is 0 Å². The van der Waals surface area contributed by atoms with Crippen molar-refractivity contribution in [1.82, 2.24) is 19.3 Å². The van der Waals surface area contributed by atoms with Crippen molar-refractivity contribution < 1.29 is 28.1 Å². The summed E-state index contributed by atoms with van der Waals surface area (Å²) >= 11 is 7.58. The number of carboxylic acids is 1. The van der Waals surface area contributed by atoms with Crippen molar-refractivity contribution in [3.8, 4) is 5.75 Å². The molecule has 3 aromatic carbocycles. The lowest BCUT2D eigenvalue weighted by Crippen LogP contribution is -2.34. The van der Waals surface area contributed by atoms with Gasteiger partial charge in [0.25, 0.3) is 0 Å². The Morgan fingerprint density at radius 3 is 2.79 bits per heavy atom. The highest BCUT2D eigenvalue weighted by atomic mass is 35.5. The Morgan fingerprint density at radius 2 is 2.05 bits per heavy atom. The second kappa shape index (κ2) is 11.3. The highest BCUT2D eigenvalue weighted by molar-refractivity contribution is 8.22. The van der Waals surface area contributed by atoms with Gasteiger partial charge >= 0.3 is 5.97 Å². The quantitative estimate of drug-likeness (QED) is 0.166. The highest BCUT2D eigenvalue weighted by Gasteiger charge is 2.36. The van der Waals surface area contributed by atoms with Crippen LogP contribution in [0.15, 0.2) is 52.7 Å². The van der Waals surface area contributed by atoms with Crippen LogP contribution >= 0.6 is 33.7 Å². The lowest BCUT2D eigenvalue weighted by Gasteiger charge is -2.42.